The molecule has 5 N–H and O–H groups in total. The number of ether oxygens (including phenoxy) is 2. The molecule has 0 aliphatic rings. The summed E-state index contributed by atoms with van der Waals surface area (Å²) in [7, 11) is 1.21. The van der Waals surface area contributed by atoms with Gasteiger partial charge in [0.1, 0.15) is 17.7 Å². The maximum Gasteiger partial charge on any atom is 0.408 e. The van der Waals surface area contributed by atoms with Gasteiger partial charge in [0.15, 0.2) is 0 Å². The summed E-state index contributed by atoms with van der Waals surface area (Å²) >= 11 is 0. The van der Waals surface area contributed by atoms with E-state index in [0.29, 0.717) is 6.42 Å². The summed E-state index contributed by atoms with van der Waals surface area (Å²) in [6.45, 7) is 8.90. The number of hydrogen-bond donors (Lipinski definition) is 4. The van der Waals surface area contributed by atoms with Crippen molar-refractivity contribution >= 4 is 24.0 Å². The van der Waals surface area contributed by atoms with Gasteiger partial charge in [-0.15, -0.1) is 0 Å². The number of primary amides is 1. The van der Waals surface area contributed by atoms with Gasteiger partial charge in [0.2, 0.25) is 5.91 Å². The smallest absolute Gasteiger partial charge is 0.408 e. The van der Waals surface area contributed by atoms with Crippen LogP contribution in [-0.4, -0.2) is 55.3 Å². The second-order valence-corrected chi connectivity index (χ2v) is 7.39. The molecule has 10 nitrogen and oxygen atoms in total. The Labute approximate surface area is 159 Å². The molecule has 10 heteroatoms. The molecule has 0 spiro atoms. The van der Waals surface area contributed by atoms with E-state index < -0.39 is 41.7 Å². The van der Waals surface area contributed by atoms with E-state index in [1.54, 1.807) is 34.6 Å². The molecule has 0 bridgehead atoms. The average molecular weight is 388 g/mol. The summed E-state index contributed by atoms with van der Waals surface area (Å²) in [6.07, 6.45) is -0.0956. The summed E-state index contributed by atoms with van der Waals surface area (Å²) < 4.78 is 9.87. The van der Waals surface area contributed by atoms with Crippen molar-refractivity contribution in [3.63, 3.8) is 0 Å². The predicted octanol–water partition coefficient (Wildman–Crippen LogP) is 0.642. The molecule has 0 fully saturated rings. The molecule has 156 valence electrons. The third-order valence-corrected chi connectivity index (χ3v) is 3.39. The van der Waals surface area contributed by atoms with Crippen LogP contribution in [-0.2, 0) is 19.1 Å². The number of nitrogens with one attached hydrogen (secondary N) is 3. The lowest BCUT2D eigenvalue weighted by Gasteiger charge is -2.26. The number of carbonyl (C=O) groups is 4. The summed E-state index contributed by atoms with van der Waals surface area (Å²) in [4.78, 5) is 47.1. The van der Waals surface area contributed by atoms with Crippen molar-refractivity contribution < 1.29 is 28.7 Å². The first-order chi connectivity index (χ1) is 12.4. The monoisotopic (exact) mass is 388 g/mol. The van der Waals surface area contributed by atoms with E-state index in [9.17, 15) is 19.2 Å². The summed E-state index contributed by atoms with van der Waals surface area (Å²) in [5, 5.41) is 7.50. The summed E-state index contributed by atoms with van der Waals surface area (Å²) in [5.74, 6) is -1.40. The summed E-state index contributed by atoms with van der Waals surface area (Å²) in [5.41, 5.74) is 4.27. The van der Waals surface area contributed by atoms with Crippen molar-refractivity contribution in [3.05, 3.63) is 0 Å². The minimum absolute atomic E-state index is 0.232. The van der Waals surface area contributed by atoms with Gasteiger partial charge in [-0.05, 0) is 39.5 Å². The van der Waals surface area contributed by atoms with Crippen molar-refractivity contribution in [3.8, 4) is 0 Å². The van der Waals surface area contributed by atoms with E-state index in [2.05, 4.69) is 16.0 Å². The van der Waals surface area contributed by atoms with Crippen LogP contribution in [0.15, 0.2) is 0 Å². The quantitative estimate of drug-likeness (QED) is 0.336. The van der Waals surface area contributed by atoms with Gasteiger partial charge in [0.05, 0.1) is 7.11 Å². The minimum Gasteiger partial charge on any atom is -0.467 e. The van der Waals surface area contributed by atoms with Crippen molar-refractivity contribution in [2.45, 2.75) is 65.1 Å². The molecule has 0 unspecified atom stereocenters. The van der Waals surface area contributed by atoms with Crippen LogP contribution in [0.1, 0.15) is 47.5 Å². The van der Waals surface area contributed by atoms with Gasteiger partial charge >= 0.3 is 18.1 Å². The highest BCUT2D eigenvalue weighted by Crippen LogP contribution is 2.10. The second-order valence-electron chi connectivity index (χ2n) is 7.39. The number of esters is 1. The van der Waals surface area contributed by atoms with Crippen LogP contribution in [0.3, 0.4) is 0 Å². The largest absolute Gasteiger partial charge is 0.467 e. The van der Waals surface area contributed by atoms with Gasteiger partial charge < -0.3 is 31.2 Å². The lowest BCUT2D eigenvalue weighted by molar-refractivity contribution is -0.145. The summed E-state index contributed by atoms with van der Waals surface area (Å²) in [6, 6.07) is -2.48. The molecule has 0 aliphatic carbocycles. The Morgan fingerprint density at radius 1 is 1.07 bits per heavy atom. The highest BCUT2D eigenvalue weighted by atomic mass is 16.6. The van der Waals surface area contributed by atoms with E-state index in [1.807, 2.05) is 0 Å². The van der Waals surface area contributed by atoms with Gasteiger partial charge in [-0.2, -0.15) is 0 Å². The van der Waals surface area contributed by atoms with Crippen LogP contribution in [0.25, 0.3) is 0 Å². The van der Waals surface area contributed by atoms with Crippen LogP contribution in [0.2, 0.25) is 0 Å². The standard InChI is InChI=1S/C17H32N4O6/c1-10(2)12(21-16(25)27-17(3,4)5)13(22)20-11(14(23)26-6)8-7-9-19-15(18)24/h10-12H,7-9H2,1-6H3,(H,20,22)(H,21,25)(H3,18,19,24)/t11-,12-/m0/s1. The number of hydrogen-bond acceptors (Lipinski definition) is 6. The van der Waals surface area contributed by atoms with Gasteiger partial charge in [-0.1, -0.05) is 13.8 Å². The van der Waals surface area contributed by atoms with Crippen molar-refractivity contribution in [2.24, 2.45) is 11.7 Å². The number of carbonyl (C=O) groups excluding carboxylic acids is 4. The first-order valence-corrected chi connectivity index (χ1v) is 8.78. The normalized spacial score (nSPS) is 13.3. The molecule has 0 aromatic carbocycles. The lowest BCUT2D eigenvalue weighted by Crippen LogP contribution is -2.54. The number of alkyl carbamates (subject to hydrolysis) is 1. The highest BCUT2D eigenvalue weighted by Gasteiger charge is 2.30. The molecule has 0 saturated carbocycles. The van der Waals surface area contributed by atoms with E-state index >= 15 is 0 Å². The molecule has 27 heavy (non-hydrogen) atoms. The maximum absolute atomic E-state index is 12.6. The zero-order valence-corrected chi connectivity index (χ0v) is 16.9. The molecule has 0 aromatic rings. The third kappa shape index (κ3) is 10.9. The fourth-order valence-electron chi connectivity index (χ4n) is 2.14. The van der Waals surface area contributed by atoms with Crippen LogP contribution < -0.4 is 21.7 Å². The molecular formula is C17H32N4O6. The van der Waals surface area contributed by atoms with Gasteiger partial charge in [0.25, 0.3) is 0 Å². The van der Waals surface area contributed by atoms with Crippen molar-refractivity contribution in [2.75, 3.05) is 13.7 Å². The molecule has 0 rings (SSSR count). The van der Waals surface area contributed by atoms with E-state index in [4.69, 9.17) is 15.2 Å². The first kappa shape index (κ1) is 24.5. The average Bonchev–Trinajstić information content (AvgIpc) is 2.52. The fraction of sp³-hybridized carbons (Fsp3) is 0.765. The van der Waals surface area contributed by atoms with Crippen LogP contribution in [0, 0.1) is 5.92 Å². The molecule has 4 amide bonds. The SMILES string of the molecule is COC(=O)[C@H](CCCNC(N)=O)NC(=O)[C@@H](NC(=O)OC(C)(C)C)C(C)C. The Morgan fingerprint density at radius 3 is 2.11 bits per heavy atom. The number of amides is 4. The first-order valence-electron chi connectivity index (χ1n) is 8.78. The highest BCUT2D eigenvalue weighted by molar-refractivity contribution is 5.89. The molecule has 0 saturated heterocycles. The zero-order valence-electron chi connectivity index (χ0n) is 16.9. The lowest BCUT2D eigenvalue weighted by atomic mass is 10.0. The molecule has 0 heterocycles. The van der Waals surface area contributed by atoms with E-state index in [-0.39, 0.29) is 18.9 Å². The Balaban J connectivity index is 4.92. The fourth-order valence-corrected chi connectivity index (χ4v) is 2.14. The molecule has 0 radical (unpaired) electrons. The maximum atomic E-state index is 12.6. The Bertz CT molecular complexity index is 530. The Kier molecular flexibility index (Phi) is 10.2. The number of urea groups is 1. The van der Waals surface area contributed by atoms with E-state index in [0.717, 1.165) is 0 Å². The van der Waals surface area contributed by atoms with Gasteiger partial charge in [0, 0.05) is 6.54 Å². The molecule has 0 aromatic heterocycles. The van der Waals surface area contributed by atoms with Gasteiger partial charge in [-0.25, -0.2) is 14.4 Å². The van der Waals surface area contributed by atoms with E-state index in [1.165, 1.54) is 7.11 Å². The van der Waals surface area contributed by atoms with Crippen molar-refractivity contribution in [1.29, 1.82) is 0 Å². The van der Waals surface area contributed by atoms with Gasteiger partial charge in [-0.3, -0.25) is 4.79 Å². The number of rotatable bonds is 9. The van der Waals surface area contributed by atoms with Crippen LogP contribution >= 0.6 is 0 Å². The third-order valence-electron chi connectivity index (χ3n) is 3.39. The predicted molar refractivity (Wildman–Crippen MR) is 98.8 cm³/mol. The van der Waals surface area contributed by atoms with Crippen LogP contribution in [0.4, 0.5) is 9.59 Å². The number of nitrogens with two attached hydrogens (primary N) is 1. The molecule has 2 atom stereocenters. The second kappa shape index (κ2) is 11.2. The topological polar surface area (TPSA) is 149 Å². The van der Waals surface area contributed by atoms with Crippen molar-refractivity contribution in [1.82, 2.24) is 16.0 Å². The minimum atomic E-state index is -0.918. The number of methoxy groups -OCH3 is 1. The van der Waals surface area contributed by atoms with Crippen LogP contribution in [0.5, 0.6) is 0 Å². The zero-order chi connectivity index (χ0) is 21.2. The molecular weight excluding hydrogens is 356 g/mol. The Hall–Kier alpha value is -2.52. The molecule has 0 aliphatic heterocycles. The Morgan fingerprint density at radius 2 is 1.67 bits per heavy atom.